The Morgan fingerprint density at radius 1 is 1.50 bits per heavy atom. The Morgan fingerprint density at radius 3 is 2.72 bits per heavy atom. The van der Waals surface area contributed by atoms with E-state index in [9.17, 15) is 9.59 Å². The van der Waals surface area contributed by atoms with Crippen LogP contribution in [0.25, 0.3) is 0 Å². The van der Waals surface area contributed by atoms with E-state index in [0.717, 1.165) is 0 Å². The lowest BCUT2D eigenvalue weighted by Crippen LogP contribution is -2.26. The number of ether oxygens (including phenoxy) is 1. The van der Waals surface area contributed by atoms with Crippen LogP contribution in [0.3, 0.4) is 0 Å². The second-order valence-corrected chi connectivity index (χ2v) is 5.12. The molecule has 0 radical (unpaired) electrons. The summed E-state index contributed by atoms with van der Waals surface area (Å²) in [4.78, 5) is 22.0. The van der Waals surface area contributed by atoms with Crippen molar-refractivity contribution in [2.24, 2.45) is 5.41 Å². The molecule has 1 aromatic heterocycles. The molecule has 1 rings (SSSR count). The highest BCUT2D eigenvalue weighted by molar-refractivity contribution is 7.99. The molecule has 0 saturated heterocycles. The van der Waals surface area contributed by atoms with E-state index in [2.05, 4.69) is 20.3 Å². The molecule has 0 aromatic carbocycles. The number of rotatable bonds is 6. The monoisotopic (exact) mass is 274 g/mol. The fourth-order valence-electron chi connectivity index (χ4n) is 0.893. The van der Waals surface area contributed by atoms with Gasteiger partial charge < -0.3 is 9.84 Å². The lowest BCUT2D eigenvalue weighted by Gasteiger charge is -2.17. The van der Waals surface area contributed by atoms with Crippen LogP contribution in [0, 0.1) is 5.41 Å². The Morgan fingerprint density at radius 2 is 2.17 bits per heavy atom. The summed E-state index contributed by atoms with van der Waals surface area (Å²) in [7, 11) is 1.27. The van der Waals surface area contributed by atoms with Gasteiger partial charge in [0.15, 0.2) is 0 Å². The molecule has 0 bridgehead atoms. The van der Waals surface area contributed by atoms with E-state index in [1.807, 2.05) is 0 Å². The van der Waals surface area contributed by atoms with Crippen molar-refractivity contribution in [2.45, 2.75) is 25.5 Å². The highest BCUT2D eigenvalue weighted by Gasteiger charge is 2.28. The Balaban J connectivity index is 2.66. The van der Waals surface area contributed by atoms with Crippen molar-refractivity contribution in [3.05, 3.63) is 0 Å². The van der Waals surface area contributed by atoms with Crippen LogP contribution in [0.4, 0.5) is 0 Å². The largest absolute Gasteiger partial charge is 0.481 e. The smallest absolute Gasteiger partial charge is 0.327 e. The summed E-state index contributed by atoms with van der Waals surface area (Å²) in [5.74, 6) is -1.08. The molecule has 1 heterocycles. The Labute approximate surface area is 108 Å². The van der Waals surface area contributed by atoms with Crippen molar-refractivity contribution in [3.8, 4) is 0 Å². The minimum Gasteiger partial charge on any atom is -0.481 e. The fourth-order valence-corrected chi connectivity index (χ4v) is 1.85. The molecule has 0 amide bonds. The third kappa shape index (κ3) is 3.69. The number of aliphatic carboxylic acids is 1. The average Bonchev–Trinajstić information content (AvgIpc) is 2.73. The third-order valence-corrected chi connectivity index (χ3v) is 3.56. The second kappa shape index (κ2) is 5.80. The molecule has 0 aliphatic heterocycles. The number of aromatic nitrogens is 4. The quantitative estimate of drug-likeness (QED) is 0.572. The number of hydrogen-bond donors (Lipinski definition) is 1. The van der Waals surface area contributed by atoms with Gasteiger partial charge in [0.25, 0.3) is 0 Å². The van der Waals surface area contributed by atoms with Crippen molar-refractivity contribution in [3.63, 3.8) is 0 Å². The maximum Gasteiger partial charge on any atom is 0.327 e. The van der Waals surface area contributed by atoms with E-state index < -0.39 is 17.4 Å². The number of hydrogen-bond acceptors (Lipinski definition) is 7. The van der Waals surface area contributed by atoms with Crippen LogP contribution in [0.2, 0.25) is 0 Å². The minimum absolute atomic E-state index is 0.0979. The first-order valence-electron chi connectivity index (χ1n) is 5.06. The summed E-state index contributed by atoms with van der Waals surface area (Å²) in [6.45, 7) is 3.12. The summed E-state index contributed by atoms with van der Waals surface area (Å²) in [5, 5.41) is 20.2. The molecule has 0 fully saturated rings. The number of carbonyl (C=O) groups excluding carboxylic acids is 1. The van der Waals surface area contributed by atoms with Gasteiger partial charge in [0, 0.05) is 5.75 Å². The van der Waals surface area contributed by atoms with Crippen molar-refractivity contribution in [2.75, 3.05) is 12.9 Å². The van der Waals surface area contributed by atoms with Crippen LogP contribution < -0.4 is 0 Å². The van der Waals surface area contributed by atoms with Crippen LogP contribution >= 0.6 is 11.8 Å². The number of methoxy groups -OCH3 is 1. The summed E-state index contributed by atoms with van der Waals surface area (Å²) >= 11 is 1.18. The van der Waals surface area contributed by atoms with Crippen molar-refractivity contribution < 1.29 is 19.4 Å². The van der Waals surface area contributed by atoms with E-state index in [4.69, 9.17) is 5.11 Å². The summed E-state index contributed by atoms with van der Waals surface area (Å²) in [6, 6.07) is 0. The van der Waals surface area contributed by atoms with E-state index in [1.165, 1.54) is 23.6 Å². The Kier molecular flexibility index (Phi) is 4.65. The Hall–Kier alpha value is -1.64. The molecule has 100 valence electrons. The van der Waals surface area contributed by atoms with Gasteiger partial charge in [-0.2, -0.15) is 0 Å². The number of esters is 1. The van der Waals surface area contributed by atoms with Crippen LogP contribution in [0.1, 0.15) is 13.8 Å². The predicted molar refractivity (Wildman–Crippen MR) is 62.0 cm³/mol. The van der Waals surface area contributed by atoms with Crippen LogP contribution in [-0.4, -0.2) is 50.1 Å². The molecular formula is C9H14N4O4S. The van der Waals surface area contributed by atoms with Gasteiger partial charge in [-0.15, -0.1) is 5.10 Å². The normalized spacial score (nSPS) is 11.3. The van der Waals surface area contributed by atoms with Gasteiger partial charge in [-0.3, -0.25) is 9.59 Å². The predicted octanol–water partition coefficient (Wildman–Crippen LogP) is 0.0490. The summed E-state index contributed by atoms with van der Waals surface area (Å²) in [5.41, 5.74) is -0.896. The standard InChI is InChI=1S/C9H14N4O4S/c1-9(2,7(15)16)5-18-8-10-11-12-13(8)4-6(14)17-3/h4-5H2,1-3H3,(H,15,16). The fraction of sp³-hybridized carbons (Fsp3) is 0.667. The third-order valence-electron chi connectivity index (χ3n) is 2.15. The molecule has 0 saturated carbocycles. The molecule has 1 N–H and O–H groups in total. The first-order chi connectivity index (χ1) is 8.36. The van der Waals surface area contributed by atoms with Crippen molar-refractivity contribution in [1.82, 2.24) is 20.2 Å². The maximum atomic E-state index is 11.1. The van der Waals surface area contributed by atoms with Gasteiger partial charge in [-0.25, -0.2) is 4.68 Å². The lowest BCUT2D eigenvalue weighted by molar-refractivity contribution is -0.145. The number of carbonyl (C=O) groups is 2. The molecule has 0 atom stereocenters. The molecule has 0 aliphatic carbocycles. The first kappa shape index (κ1) is 14.4. The maximum absolute atomic E-state index is 11.1. The van der Waals surface area contributed by atoms with Gasteiger partial charge in [0.1, 0.15) is 6.54 Å². The van der Waals surface area contributed by atoms with E-state index in [1.54, 1.807) is 13.8 Å². The van der Waals surface area contributed by atoms with Gasteiger partial charge in [-0.05, 0) is 24.3 Å². The first-order valence-corrected chi connectivity index (χ1v) is 6.04. The van der Waals surface area contributed by atoms with Crippen molar-refractivity contribution in [1.29, 1.82) is 0 Å². The molecule has 18 heavy (non-hydrogen) atoms. The molecule has 0 aliphatic rings. The second-order valence-electron chi connectivity index (χ2n) is 4.17. The SMILES string of the molecule is COC(=O)Cn1nnnc1SCC(C)(C)C(=O)O. The molecule has 9 heteroatoms. The van der Waals surface area contributed by atoms with Crippen LogP contribution in [0.15, 0.2) is 5.16 Å². The molecular weight excluding hydrogens is 260 g/mol. The summed E-state index contributed by atoms with van der Waals surface area (Å²) in [6.07, 6.45) is 0. The molecule has 0 spiro atoms. The zero-order chi connectivity index (χ0) is 13.8. The zero-order valence-corrected chi connectivity index (χ0v) is 11.1. The number of thioether (sulfide) groups is 1. The molecule has 0 unspecified atom stereocenters. The minimum atomic E-state index is -0.901. The number of nitrogens with zero attached hydrogens (tertiary/aromatic N) is 4. The van der Waals surface area contributed by atoms with Crippen molar-refractivity contribution >= 4 is 23.7 Å². The highest BCUT2D eigenvalue weighted by atomic mass is 32.2. The van der Waals surface area contributed by atoms with Gasteiger partial charge >= 0.3 is 11.9 Å². The van der Waals surface area contributed by atoms with E-state index in [0.29, 0.717) is 10.9 Å². The van der Waals surface area contributed by atoms with E-state index in [-0.39, 0.29) is 6.54 Å². The van der Waals surface area contributed by atoms with Gasteiger partial charge in [0.2, 0.25) is 5.16 Å². The number of carboxylic acids is 1. The van der Waals surface area contributed by atoms with E-state index >= 15 is 0 Å². The average molecular weight is 274 g/mol. The number of tetrazole rings is 1. The number of carboxylic acid groups (broad SMARTS) is 1. The Bertz CT molecular complexity index is 446. The highest BCUT2D eigenvalue weighted by Crippen LogP contribution is 2.26. The zero-order valence-electron chi connectivity index (χ0n) is 10.3. The lowest BCUT2D eigenvalue weighted by atomic mass is 9.97. The molecule has 1 aromatic rings. The summed E-state index contributed by atoms with van der Waals surface area (Å²) < 4.78 is 5.78. The van der Waals surface area contributed by atoms with Gasteiger partial charge in [0.05, 0.1) is 12.5 Å². The molecule has 8 nitrogen and oxygen atoms in total. The van der Waals surface area contributed by atoms with Gasteiger partial charge in [-0.1, -0.05) is 11.8 Å². The van der Waals surface area contributed by atoms with Crippen LogP contribution in [0.5, 0.6) is 0 Å². The van der Waals surface area contributed by atoms with Crippen LogP contribution in [-0.2, 0) is 20.9 Å². The topological polar surface area (TPSA) is 107 Å².